The summed E-state index contributed by atoms with van der Waals surface area (Å²) < 4.78 is 15.7. The molecule has 1 aliphatic rings. The first kappa shape index (κ1) is 19.1. The van der Waals surface area contributed by atoms with Gasteiger partial charge in [0, 0.05) is 19.7 Å². The molecule has 0 saturated carbocycles. The number of esters is 1. The summed E-state index contributed by atoms with van der Waals surface area (Å²) in [6.45, 7) is 1.13. The zero-order valence-corrected chi connectivity index (χ0v) is 15.7. The SMILES string of the molecule is COC(=O)c1ccccc1N(C)C(=O)c1cnc(OC2CCOC2)c(Cl)c1. The molecule has 1 aliphatic heterocycles. The van der Waals surface area contributed by atoms with Crippen LogP contribution in [0.5, 0.6) is 5.88 Å². The number of hydrogen-bond donors (Lipinski definition) is 0. The number of carbonyl (C=O) groups excluding carboxylic acids is 2. The van der Waals surface area contributed by atoms with Crippen molar-refractivity contribution in [2.45, 2.75) is 12.5 Å². The maximum atomic E-state index is 12.8. The Morgan fingerprint density at radius 1 is 1.33 bits per heavy atom. The Morgan fingerprint density at radius 2 is 2.11 bits per heavy atom. The number of methoxy groups -OCH3 is 1. The van der Waals surface area contributed by atoms with E-state index < -0.39 is 5.97 Å². The van der Waals surface area contributed by atoms with Crippen LogP contribution in [-0.4, -0.2) is 50.3 Å². The number of carbonyl (C=O) groups is 2. The van der Waals surface area contributed by atoms with Crippen LogP contribution in [0.4, 0.5) is 5.69 Å². The van der Waals surface area contributed by atoms with Crippen LogP contribution in [0.25, 0.3) is 0 Å². The van der Waals surface area contributed by atoms with Crippen LogP contribution < -0.4 is 9.64 Å². The highest BCUT2D eigenvalue weighted by atomic mass is 35.5. The number of hydrogen-bond acceptors (Lipinski definition) is 6. The molecule has 142 valence electrons. The molecular formula is C19H19ClN2O5. The van der Waals surface area contributed by atoms with Crippen LogP contribution in [-0.2, 0) is 9.47 Å². The van der Waals surface area contributed by atoms with E-state index in [1.807, 2.05) is 0 Å². The van der Waals surface area contributed by atoms with Gasteiger partial charge in [-0.1, -0.05) is 23.7 Å². The van der Waals surface area contributed by atoms with Crippen molar-refractivity contribution in [3.05, 3.63) is 52.7 Å². The van der Waals surface area contributed by atoms with E-state index in [1.165, 1.54) is 24.3 Å². The number of pyridine rings is 1. The number of anilines is 1. The Bertz CT molecular complexity index is 852. The highest BCUT2D eigenvalue weighted by molar-refractivity contribution is 6.32. The number of para-hydroxylation sites is 1. The quantitative estimate of drug-likeness (QED) is 0.730. The van der Waals surface area contributed by atoms with Crippen molar-refractivity contribution in [2.75, 3.05) is 32.3 Å². The molecule has 2 heterocycles. The summed E-state index contributed by atoms with van der Waals surface area (Å²) in [4.78, 5) is 30.3. The van der Waals surface area contributed by atoms with E-state index in [4.69, 9.17) is 25.8 Å². The molecule has 3 rings (SSSR count). The Labute approximate surface area is 161 Å². The predicted octanol–water partition coefficient (Wildman–Crippen LogP) is 2.97. The van der Waals surface area contributed by atoms with Crippen molar-refractivity contribution < 1.29 is 23.8 Å². The van der Waals surface area contributed by atoms with Gasteiger partial charge in [0.15, 0.2) is 0 Å². The number of benzene rings is 1. The van der Waals surface area contributed by atoms with Crippen molar-refractivity contribution in [3.8, 4) is 5.88 Å². The summed E-state index contributed by atoms with van der Waals surface area (Å²) in [6, 6.07) is 8.19. The minimum atomic E-state index is -0.524. The van der Waals surface area contributed by atoms with Gasteiger partial charge in [-0.3, -0.25) is 4.79 Å². The second-order valence-corrected chi connectivity index (χ2v) is 6.39. The highest BCUT2D eigenvalue weighted by Crippen LogP contribution is 2.27. The average molecular weight is 391 g/mol. The van der Waals surface area contributed by atoms with Gasteiger partial charge in [-0.25, -0.2) is 9.78 Å². The summed E-state index contributed by atoms with van der Waals surface area (Å²) in [5.41, 5.74) is 0.988. The van der Waals surface area contributed by atoms with E-state index in [0.717, 1.165) is 6.42 Å². The first-order valence-electron chi connectivity index (χ1n) is 8.36. The summed E-state index contributed by atoms with van der Waals surface area (Å²) in [6.07, 6.45) is 2.08. The second kappa shape index (κ2) is 8.37. The summed E-state index contributed by atoms with van der Waals surface area (Å²) in [5.74, 6) is -0.623. The number of ether oxygens (including phenoxy) is 3. The van der Waals surface area contributed by atoms with Crippen LogP contribution in [0.1, 0.15) is 27.1 Å². The zero-order chi connectivity index (χ0) is 19.4. The molecule has 1 saturated heterocycles. The molecule has 7 nitrogen and oxygen atoms in total. The molecule has 0 radical (unpaired) electrons. The van der Waals surface area contributed by atoms with Gasteiger partial charge in [-0.2, -0.15) is 0 Å². The number of halogens is 1. The van der Waals surface area contributed by atoms with Crippen LogP contribution in [0.2, 0.25) is 5.02 Å². The maximum Gasteiger partial charge on any atom is 0.339 e. The monoisotopic (exact) mass is 390 g/mol. The van der Waals surface area contributed by atoms with Crippen molar-refractivity contribution >= 4 is 29.2 Å². The molecular weight excluding hydrogens is 372 g/mol. The van der Waals surface area contributed by atoms with Gasteiger partial charge >= 0.3 is 5.97 Å². The standard InChI is InChI=1S/C19H19ClN2O5/c1-22(16-6-4-3-5-14(16)19(24)25-2)18(23)12-9-15(20)17(21-10-12)27-13-7-8-26-11-13/h3-6,9-10,13H,7-8,11H2,1-2H3. The van der Waals surface area contributed by atoms with Crippen molar-refractivity contribution in [3.63, 3.8) is 0 Å². The largest absolute Gasteiger partial charge is 0.471 e. The lowest BCUT2D eigenvalue weighted by Crippen LogP contribution is -2.28. The van der Waals surface area contributed by atoms with Gasteiger partial charge in [0.05, 0.1) is 37.1 Å². The van der Waals surface area contributed by atoms with Gasteiger partial charge in [0.1, 0.15) is 11.1 Å². The van der Waals surface area contributed by atoms with Crippen molar-refractivity contribution in [2.24, 2.45) is 0 Å². The Balaban J connectivity index is 1.81. The molecule has 8 heteroatoms. The fourth-order valence-electron chi connectivity index (χ4n) is 2.74. The lowest BCUT2D eigenvalue weighted by molar-refractivity contribution is 0.0601. The van der Waals surface area contributed by atoms with E-state index in [-0.39, 0.29) is 34.0 Å². The van der Waals surface area contributed by atoms with Crippen LogP contribution in [0, 0.1) is 0 Å². The topological polar surface area (TPSA) is 78.0 Å². The lowest BCUT2D eigenvalue weighted by Gasteiger charge is -2.20. The van der Waals surface area contributed by atoms with Gasteiger partial charge in [-0.15, -0.1) is 0 Å². The van der Waals surface area contributed by atoms with Gasteiger partial charge < -0.3 is 19.1 Å². The Hall–Kier alpha value is -2.64. The smallest absolute Gasteiger partial charge is 0.339 e. The fourth-order valence-corrected chi connectivity index (χ4v) is 2.96. The number of nitrogens with zero attached hydrogens (tertiary/aromatic N) is 2. The van der Waals surface area contributed by atoms with Gasteiger partial charge in [0.2, 0.25) is 5.88 Å². The first-order valence-corrected chi connectivity index (χ1v) is 8.74. The Kier molecular flexibility index (Phi) is 5.93. The third kappa shape index (κ3) is 4.20. The van der Waals surface area contributed by atoms with E-state index in [0.29, 0.717) is 18.9 Å². The molecule has 1 aromatic heterocycles. The average Bonchev–Trinajstić information content (AvgIpc) is 3.21. The van der Waals surface area contributed by atoms with Crippen LogP contribution in [0.3, 0.4) is 0 Å². The molecule has 0 spiro atoms. The molecule has 1 fully saturated rings. The molecule has 1 aromatic carbocycles. The summed E-state index contributed by atoms with van der Waals surface area (Å²) >= 11 is 6.23. The fraction of sp³-hybridized carbons (Fsp3) is 0.316. The molecule has 27 heavy (non-hydrogen) atoms. The summed E-state index contributed by atoms with van der Waals surface area (Å²) in [5, 5.41) is 0.238. The lowest BCUT2D eigenvalue weighted by atomic mass is 10.1. The number of rotatable bonds is 5. The minimum absolute atomic E-state index is 0.0915. The van der Waals surface area contributed by atoms with E-state index in [9.17, 15) is 9.59 Å². The van der Waals surface area contributed by atoms with E-state index >= 15 is 0 Å². The first-order chi connectivity index (χ1) is 13.0. The van der Waals surface area contributed by atoms with Crippen molar-refractivity contribution in [1.29, 1.82) is 0 Å². The highest BCUT2D eigenvalue weighted by Gasteiger charge is 2.23. The van der Waals surface area contributed by atoms with E-state index in [1.54, 1.807) is 31.3 Å². The van der Waals surface area contributed by atoms with Crippen molar-refractivity contribution in [1.82, 2.24) is 4.98 Å². The number of amides is 1. The predicted molar refractivity (Wildman–Crippen MR) is 99.6 cm³/mol. The molecule has 1 atom stereocenters. The molecule has 1 unspecified atom stereocenters. The maximum absolute atomic E-state index is 12.8. The van der Waals surface area contributed by atoms with Gasteiger partial charge in [-0.05, 0) is 18.2 Å². The molecule has 0 N–H and O–H groups in total. The Morgan fingerprint density at radius 3 is 2.78 bits per heavy atom. The normalized spacial score (nSPS) is 16.0. The van der Waals surface area contributed by atoms with Crippen LogP contribution >= 0.6 is 11.6 Å². The third-order valence-electron chi connectivity index (χ3n) is 4.20. The zero-order valence-electron chi connectivity index (χ0n) is 15.0. The molecule has 1 amide bonds. The van der Waals surface area contributed by atoms with Gasteiger partial charge in [0.25, 0.3) is 5.91 Å². The minimum Gasteiger partial charge on any atom is -0.471 e. The second-order valence-electron chi connectivity index (χ2n) is 5.99. The third-order valence-corrected chi connectivity index (χ3v) is 4.47. The summed E-state index contributed by atoms with van der Waals surface area (Å²) in [7, 11) is 2.86. The number of aromatic nitrogens is 1. The molecule has 0 bridgehead atoms. The van der Waals surface area contributed by atoms with E-state index in [2.05, 4.69) is 4.98 Å². The molecule has 0 aliphatic carbocycles. The molecule has 2 aromatic rings. The van der Waals surface area contributed by atoms with Crippen LogP contribution in [0.15, 0.2) is 36.5 Å².